The number of nitrogens with one attached hydrogen (secondary N) is 2. The van der Waals surface area contributed by atoms with Gasteiger partial charge in [-0.1, -0.05) is 24.3 Å². The van der Waals surface area contributed by atoms with Gasteiger partial charge in [-0.2, -0.15) is 0 Å². The van der Waals surface area contributed by atoms with E-state index in [1.165, 1.54) is 12.1 Å². The van der Waals surface area contributed by atoms with Crippen molar-refractivity contribution in [2.45, 2.75) is 26.9 Å². The Morgan fingerprint density at radius 2 is 1.70 bits per heavy atom. The Morgan fingerprint density at radius 1 is 1.00 bits per heavy atom. The molecule has 0 radical (unpaired) electrons. The van der Waals surface area contributed by atoms with Crippen LogP contribution in [0.4, 0.5) is 4.39 Å². The number of hydrogen-bond acceptors (Lipinski definition) is 2. The van der Waals surface area contributed by atoms with Gasteiger partial charge in [0.2, 0.25) is 0 Å². The van der Waals surface area contributed by atoms with E-state index in [1.807, 2.05) is 26.0 Å². The van der Waals surface area contributed by atoms with Crippen LogP contribution in [-0.4, -0.2) is 4.98 Å². The molecule has 0 atom stereocenters. The lowest BCUT2D eigenvalue weighted by molar-refractivity contribution is 0.624. The first kappa shape index (κ1) is 15.4. The molecule has 3 rings (SSSR count). The second-order valence-corrected chi connectivity index (χ2v) is 5.84. The van der Waals surface area contributed by atoms with E-state index in [0.717, 1.165) is 27.6 Å². The summed E-state index contributed by atoms with van der Waals surface area (Å²) in [7, 11) is 0. The molecule has 4 heteroatoms. The summed E-state index contributed by atoms with van der Waals surface area (Å²) >= 11 is 0. The lowest BCUT2D eigenvalue weighted by Gasteiger charge is -2.09. The van der Waals surface area contributed by atoms with Crippen LogP contribution in [0, 0.1) is 19.7 Å². The standard InChI is InChI=1S/C19H19FN2O/c1-12-3-4-13(2)18-17(12)9-15(19(23)22-18)11-21-10-14-5-7-16(20)8-6-14/h3-9,21H,10-11H2,1-2H3,(H,22,23). The maximum atomic E-state index is 12.9. The number of aromatic nitrogens is 1. The predicted octanol–water partition coefficient (Wildman–Crippen LogP) is 3.57. The lowest BCUT2D eigenvalue weighted by Crippen LogP contribution is -2.21. The normalized spacial score (nSPS) is 11.1. The topological polar surface area (TPSA) is 44.9 Å². The summed E-state index contributed by atoms with van der Waals surface area (Å²) in [6, 6.07) is 12.4. The molecule has 0 saturated heterocycles. The van der Waals surface area contributed by atoms with Crippen LogP contribution in [0.15, 0.2) is 47.3 Å². The molecule has 0 bridgehead atoms. The zero-order valence-electron chi connectivity index (χ0n) is 13.2. The van der Waals surface area contributed by atoms with Crippen LogP contribution < -0.4 is 10.9 Å². The van der Waals surface area contributed by atoms with Gasteiger partial charge in [-0.15, -0.1) is 0 Å². The lowest BCUT2D eigenvalue weighted by atomic mass is 10.0. The van der Waals surface area contributed by atoms with Crippen molar-refractivity contribution in [3.63, 3.8) is 0 Å². The van der Waals surface area contributed by atoms with Gasteiger partial charge in [-0.05, 0) is 48.7 Å². The highest BCUT2D eigenvalue weighted by molar-refractivity contribution is 5.85. The minimum Gasteiger partial charge on any atom is -0.321 e. The van der Waals surface area contributed by atoms with Crippen LogP contribution in [0.3, 0.4) is 0 Å². The van der Waals surface area contributed by atoms with Crippen molar-refractivity contribution in [1.29, 1.82) is 0 Å². The summed E-state index contributed by atoms with van der Waals surface area (Å²) in [6.45, 7) is 5.08. The van der Waals surface area contributed by atoms with Crippen LogP contribution in [0.2, 0.25) is 0 Å². The number of hydrogen-bond donors (Lipinski definition) is 2. The monoisotopic (exact) mass is 310 g/mol. The van der Waals surface area contributed by atoms with E-state index in [4.69, 9.17) is 0 Å². The molecule has 0 aliphatic heterocycles. The third kappa shape index (κ3) is 3.32. The Labute approximate surface area is 134 Å². The van der Waals surface area contributed by atoms with Crippen molar-refractivity contribution < 1.29 is 4.39 Å². The maximum absolute atomic E-state index is 12.9. The van der Waals surface area contributed by atoms with Crippen molar-refractivity contribution in [2.24, 2.45) is 0 Å². The van der Waals surface area contributed by atoms with Crippen LogP contribution >= 0.6 is 0 Å². The Hall–Kier alpha value is -2.46. The first-order chi connectivity index (χ1) is 11.0. The molecule has 0 amide bonds. The van der Waals surface area contributed by atoms with Crippen LogP contribution in [-0.2, 0) is 13.1 Å². The number of rotatable bonds is 4. The van der Waals surface area contributed by atoms with Gasteiger partial charge in [-0.25, -0.2) is 4.39 Å². The maximum Gasteiger partial charge on any atom is 0.252 e. The van der Waals surface area contributed by atoms with Gasteiger partial charge in [0.05, 0.1) is 5.52 Å². The molecule has 3 aromatic rings. The largest absolute Gasteiger partial charge is 0.321 e. The molecule has 23 heavy (non-hydrogen) atoms. The molecule has 2 aromatic carbocycles. The quantitative estimate of drug-likeness (QED) is 0.774. The molecule has 3 nitrogen and oxygen atoms in total. The third-order valence-electron chi connectivity index (χ3n) is 4.08. The van der Waals surface area contributed by atoms with Gasteiger partial charge >= 0.3 is 0 Å². The van der Waals surface area contributed by atoms with Gasteiger partial charge in [0.1, 0.15) is 5.82 Å². The Balaban J connectivity index is 1.80. The number of aromatic amines is 1. The van der Waals surface area contributed by atoms with E-state index in [2.05, 4.69) is 16.4 Å². The van der Waals surface area contributed by atoms with Gasteiger partial charge in [-0.3, -0.25) is 4.79 Å². The van der Waals surface area contributed by atoms with Crippen molar-refractivity contribution in [3.05, 3.63) is 80.9 Å². The summed E-state index contributed by atoms with van der Waals surface area (Å²) < 4.78 is 12.9. The van der Waals surface area contributed by atoms with Crippen LogP contribution in [0.25, 0.3) is 10.9 Å². The second kappa shape index (κ2) is 6.34. The minimum absolute atomic E-state index is 0.0715. The molecule has 0 aliphatic carbocycles. The first-order valence-electron chi connectivity index (χ1n) is 7.62. The summed E-state index contributed by atoms with van der Waals surface area (Å²) in [5, 5.41) is 4.31. The number of benzene rings is 2. The molecule has 1 heterocycles. The Bertz CT molecular complexity index is 898. The number of pyridine rings is 1. The number of fused-ring (bicyclic) bond motifs is 1. The highest BCUT2D eigenvalue weighted by atomic mass is 19.1. The Kier molecular flexibility index (Phi) is 4.26. The minimum atomic E-state index is -0.245. The molecular formula is C19H19FN2O. The highest BCUT2D eigenvalue weighted by Crippen LogP contribution is 2.19. The second-order valence-electron chi connectivity index (χ2n) is 5.84. The van der Waals surface area contributed by atoms with Gasteiger partial charge in [0.15, 0.2) is 0 Å². The first-order valence-corrected chi connectivity index (χ1v) is 7.62. The smallest absolute Gasteiger partial charge is 0.252 e. The summed E-state index contributed by atoms with van der Waals surface area (Å²) in [4.78, 5) is 15.2. The number of H-pyrrole nitrogens is 1. The molecule has 2 N–H and O–H groups in total. The molecular weight excluding hydrogens is 291 g/mol. The predicted molar refractivity (Wildman–Crippen MR) is 91.0 cm³/mol. The van der Waals surface area contributed by atoms with Crippen molar-refractivity contribution in [3.8, 4) is 0 Å². The summed E-state index contributed by atoms with van der Waals surface area (Å²) in [5.41, 5.74) is 4.72. The average molecular weight is 310 g/mol. The third-order valence-corrected chi connectivity index (χ3v) is 4.08. The van der Waals surface area contributed by atoms with E-state index < -0.39 is 0 Å². The summed E-state index contributed by atoms with van der Waals surface area (Å²) in [5.74, 6) is -0.245. The highest BCUT2D eigenvalue weighted by Gasteiger charge is 2.06. The molecule has 118 valence electrons. The fourth-order valence-corrected chi connectivity index (χ4v) is 2.69. The SMILES string of the molecule is Cc1ccc(C)c2[nH]c(=O)c(CNCc3ccc(F)cc3)cc12. The van der Waals surface area contributed by atoms with E-state index in [0.29, 0.717) is 18.7 Å². The molecule has 0 fully saturated rings. The molecule has 0 unspecified atom stereocenters. The van der Waals surface area contributed by atoms with Crippen LogP contribution in [0.5, 0.6) is 0 Å². The van der Waals surface area contributed by atoms with Gasteiger partial charge < -0.3 is 10.3 Å². The van der Waals surface area contributed by atoms with Gasteiger partial charge in [0, 0.05) is 24.0 Å². The fourth-order valence-electron chi connectivity index (χ4n) is 2.69. The van der Waals surface area contributed by atoms with E-state index in [-0.39, 0.29) is 11.4 Å². The average Bonchev–Trinajstić information content (AvgIpc) is 2.54. The van der Waals surface area contributed by atoms with Crippen LogP contribution in [0.1, 0.15) is 22.3 Å². The van der Waals surface area contributed by atoms with Gasteiger partial charge in [0.25, 0.3) is 5.56 Å². The van der Waals surface area contributed by atoms with Crippen molar-refractivity contribution in [1.82, 2.24) is 10.3 Å². The molecule has 0 aliphatic rings. The molecule has 1 aromatic heterocycles. The number of halogens is 1. The number of aryl methyl sites for hydroxylation is 2. The Morgan fingerprint density at radius 3 is 2.43 bits per heavy atom. The van der Waals surface area contributed by atoms with E-state index >= 15 is 0 Å². The van der Waals surface area contributed by atoms with Crippen molar-refractivity contribution >= 4 is 10.9 Å². The van der Waals surface area contributed by atoms with E-state index in [9.17, 15) is 9.18 Å². The molecule has 0 spiro atoms. The van der Waals surface area contributed by atoms with Crippen molar-refractivity contribution in [2.75, 3.05) is 0 Å². The fraction of sp³-hybridized carbons (Fsp3) is 0.211. The zero-order valence-corrected chi connectivity index (χ0v) is 13.2. The molecule has 0 saturated carbocycles. The van der Waals surface area contributed by atoms with E-state index in [1.54, 1.807) is 12.1 Å². The summed E-state index contributed by atoms with van der Waals surface area (Å²) in [6.07, 6.45) is 0. The zero-order chi connectivity index (χ0) is 16.4.